The molecule has 2 aromatic carbocycles. The number of amides is 1. The van der Waals surface area contributed by atoms with Crippen LogP contribution in [0.5, 0.6) is 0 Å². The zero-order valence-electron chi connectivity index (χ0n) is 20.0. The second kappa shape index (κ2) is 13.3. The highest BCUT2D eigenvalue weighted by molar-refractivity contribution is 6.05. The number of aryl methyl sites for hydroxylation is 1. The Kier molecular flexibility index (Phi) is 10.1. The van der Waals surface area contributed by atoms with Gasteiger partial charge in [-0.3, -0.25) is 4.79 Å². The van der Waals surface area contributed by atoms with Gasteiger partial charge in [-0.25, -0.2) is 0 Å². The Bertz CT molecular complexity index is 884. The Morgan fingerprint density at radius 3 is 2.45 bits per heavy atom. The van der Waals surface area contributed by atoms with Gasteiger partial charge < -0.3 is 20.7 Å². The first kappa shape index (κ1) is 25.1. The third kappa shape index (κ3) is 8.41. The van der Waals surface area contributed by atoms with Crippen LogP contribution < -0.4 is 11.1 Å². The van der Waals surface area contributed by atoms with Crippen molar-refractivity contribution in [1.29, 1.82) is 0 Å². The SMILES string of the molecule is Cc1ccccc1C(=O)Nc1cccc(CCN2CCCCC2)c1.NC1CCC(C=O)CC1. The van der Waals surface area contributed by atoms with Crippen LogP contribution in [0.4, 0.5) is 5.69 Å². The molecule has 1 amide bonds. The Morgan fingerprint density at radius 2 is 1.76 bits per heavy atom. The Hall–Kier alpha value is -2.50. The van der Waals surface area contributed by atoms with Crippen molar-refractivity contribution in [3.8, 4) is 0 Å². The van der Waals surface area contributed by atoms with E-state index in [0.717, 1.165) is 61.7 Å². The van der Waals surface area contributed by atoms with Gasteiger partial charge in [-0.1, -0.05) is 36.8 Å². The van der Waals surface area contributed by atoms with Crippen molar-refractivity contribution in [3.63, 3.8) is 0 Å². The maximum atomic E-state index is 12.4. The van der Waals surface area contributed by atoms with E-state index in [1.807, 2.05) is 43.3 Å². The largest absolute Gasteiger partial charge is 0.328 e. The summed E-state index contributed by atoms with van der Waals surface area (Å²) in [7, 11) is 0. The average Bonchev–Trinajstić information content (AvgIpc) is 2.85. The molecule has 0 radical (unpaired) electrons. The van der Waals surface area contributed by atoms with Gasteiger partial charge in [0, 0.05) is 29.8 Å². The van der Waals surface area contributed by atoms with Crippen molar-refractivity contribution < 1.29 is 9.59 Å². The molecule has 2 aliphatic rings. The van der Waals surface area contributed by atoms with E-state index in [4.69, 9.17) is 5.73 Å². The summed E-state index contributed by atoms with van der Waals surface area (Å²) >= 11 is 0. The highest BCUT2D eigenvalue weighted by Gasteiger charge is 2.17. The lowest BCUT2D eigenvalue weighted by molar-refractivity contribution is -0.111. The van der Waals surface area contributed by atoms with Gasteiger partial charge in [0.25, 0.3) is 5.91 Å². The molecule has 1 saturated carbocycles. The number of aldehydes is 1. The van der Waals surface area contributed by atoms with Crippen LogP contribution in [0.15, 0.2) is 48.5 Å². The lowest BCUT2D eigenvalue weighted by Gasteiger charge is -2.26. The molecule has 5 nitrogen and oxygen atoms in total. The van der Waals surface area contributed by atoms with Gasteiger partial charge in [-0.15, -0.1) is 0 Å². The molecule has 0 unspecified atom stereocenters. The van der Waals surface area contributed by atoms with Crippen LogP contribution in [0.2, 0.25) is 0 Å². The monoisotopic (exact) mass is 449 g/mol. The molecule has 0 aromatic heterocycles. The molecule has 0 atom stereocenters. The Labute approximate surface area is 198 Å². The molecular formula is C28H39N3O2. The first-order valence-corrected chi connectivity index (χ1v) is 12.4. The third-order valence-corrected chi connectivity index (χ3v) is 6.75. The van der Waals surface area contributed by atoms with Gasteiger partial charge >= 0.3 is 0 Å². The standard InChI is InChI=1S/C21H26N2O.C7H13NO/c1-17-8-3-4-11-20(17)21(24)22-19-10-7-9-18(16-19)12-15-23-13-5-2-6-14-23;8-7-3-1-6(5-9)2-4-7/h3-4,7-11,16H,2,5-6,12-15H2,1H3,(H,22,24);5-7H,1-4,8H2. The van der Waals surface area contributed by atoms with Crippen molar-refractivity contribution in [2.75, 3.05) is 25.0 Å². The van der Waals surface area contributed by atoms with Crippen LogP contribution >= 0.6 is 0 Å². The number of nitrogens with zero attached hydrogens (tertiary/aromatic N) is 1. The number of nitrogens with two attached hydrogens (primary N) is 1. The van der Waals surface area contributed by atoms with Gasteiger partial charge in [0.1, 0.15) is 6.29 Å². The van der Waals surface area contributed by atoms with Gasteiger partial charge in [0.05, 0.1) is 0 Å². The maximum Gasteiger partial charge on any atom is 0.255 e. The van der Waals surface area contributed by atoms with Crippen LogP contribution in [-0.2, 0) is 11.2 Å². The molecule has 4 rings (SSSR count). The summed E-state index contributed by atoms with van der Waals surface area (Å²) in [4.78, 5) is 25.2. The van der Waals surface area contributed by atoms with E-state index < -0.39 is 0 Å². The van der Waals surface area contributed by atoms with E-state index in [2.05, 4.69) is 22.3 Å². The molecule has 5 heteroatoms. The van der Waals surface area contributed by atoms with Crippen molar-refractivity contribution in [2.45, 2.75) is 64.3 Å². The first-order valence-electron chi connectivity index (χ1n) is 12.4. The minimum atomic E-state index is -0.0405. The summed E-state index contributed by atoms with van der Waals surface area (Å²) < 4.78 is 0. The number of piperidine rings is 1. The molecule has 1 heterocycles. The fourth-order valence-electron chi connectivity index (χ4n) is 4.58. The second-order valence-corrected chi connectivity index (χ2v) is 9.43. The quantitative estimate of drug-likeness (QED) is 0.610. The summed E-state index contributed by atoms with van der Waals surface area (Å²) in [5.74, 6) is 0.270. The van der Waals surface area contributed by atoms with Gasteiger partial charge in [-0.2, -0.15) is 0 Å². The fraction of sp³-hybridized carbons (Fsp3) is 0.500. The number of likely N-dealkylation sites (tertiary alicyclic amines) is 1. The summed E-state index contributed by atoms with van der Waals surface area (Å²) in [6.45, 7) is 5.52. The summed E-state index contributed by atoms with van der Waals surface area (Å²) in [6, 6.07) is 16.3. The Morgan fingerprint density at radius 1 is 1.03 bits per heavy atom. The maximum absolute atomic E-state index is 12.4. The smallest absolute Gasteiger partial charge is 0.255 e. The van der Waals surface area contributed by atoms with E-state index in [9.17, 15) is 9.59 Å². The minimum Gasteiger partial charge on any atom is -0.328 e. The Balaban J connectivity index is 0.000000286. The number of hydrogen-bond donors (Lipinski definition) is 2. The lowest BCUT2D eigenvalue weighted by atomic mass is 9.88. The van der Waals surface area contributed by atoms with Gasteiger partial charge in [0.15, 0.2) is 0 Å². The summed E-state index contributed by atoms with van der Waals surface area (Å²) in [5.41, 5.74) is 9.52. The molecule has 33 heavy (non-hydrogen) atoms. The lowest BCUT2D eigenvalue weighted by Crippen LogP contribution is -2.31. The van der Waals surface area contributed by atoms with Gasteiger partial charge in [-0.05, 0) is 94.3 Å². The number of anilines is 1. The average molecular weight is 450 g/mol. The topological polar surface area (TPSA) is 75.4 Å². The predicted molar refractivity (Wildman–Crippen MR) is 136 cm³/mol. The van der Waals surface area contributed by atoms with E-state index in [0.29, 0.717) is 12.0 Å². The van der Waals surface area contributed by atoms with E-state index in [1.54, 1.807) is 0 Å². The van der Waals surface area contributed by atoms with Crippen LogP contribution in [0, 0.1) is 12.8 Å². The van der Waals surface area contributed by atoms with Gasteiger partial charge in [0.2, 0.25) is 0 Å². The normalized spacial score (nSPS) is 20.9. The zero-order chi connectivity index (χ0) is 23.5. The predicted octanol–water partition coefficient (Wildman–Crippen LogP) is 4.98. The third-order valence-electron chi connectivity index (χ3n) is 6.75. The molecule has 0 bridgehead atoms. The van der Waals surface area contributed by atoms with Crippen molar-refractivity contribution in [1.82, 2.24) is 4.90 Å². The number of nitrogens with one attached hydrogen (secondary N) is 1. The highest BCUT2D eigenvalue weighted by Crippen LogP contribution is 2.20. The van der Waals surface area contributed by atoms with Crippen LogP contribution in [-0.4, -0.2) is 42.8 Å². The second-order valence-electron chi connectivity index (χ2n) is 9.43. The number of carbonyl (C=O) groups excluding carboxylic acids is 2. The summed E-state index contributed by atoms with van der Waals surface area (Å²) in [6.07, 6.45) is 10.2. The molecule has 2 aromatic rings. The van der Waals surface area contributed by atoms with E-state index in [-0.39, 0.29) is 5.91 Å². The fourth-order valence-corrected chi connectivity index (χ4v) is 4.58. The molecule has 178 valence electrons. The summed E-state index contributed by atoms with van der Waals surface area (Å²) in [5, 5.41) is 3.02. The van der Waals surface area contributed by atoms with E-state index >= 15 is 0 Å². The van der Waals surface area contributed by atoms with Crippen LogP contribution in [0.3, 0.4) is 0 Å². The molecular weight excluding hydrogens is 410 g/mol. The first-order chi connectivity index (χ1) is 16.0. The number of hydrogen-bond acceptors (Lipinski definition) is 4. The van der Waals surface area contributed by atoms with Crippen molar-refractivity contribution in [3.05, 3.63) is 65.2 Å². The van der Waals surface area contributed by atoms with Crippen LogP contribution in [0.1, 0.15) is 66.4 Å². The molecule has 3 N–H and O–H groups in total. The minimum absolute atomic E-state index is 0.0405. The molecule has 1 aliphatic carbocycles. The molecule has 1 aliphatic heterocycles. The van der Waals surface area contributed by atoms with Crippen LogP contribution in [0.25, 0.3) is 0 Å². The molecule has 0 spiro atoms. The van der Waals surface area contributed by atoms with Crippen molar-refractivity contribution >= 4 is 17.9 Å². The number of rotatable bonds is 6. The number of carbonyl (C=O) groups is 2. The van der Waals surface area contributed by atoms with E-state index in [1.165, 1.54) is 37.9 Å². The molecule has 1 saturated heterocycles. The van der Waals surface area contributed by atoms with Crippen molar-refractivity contribution in [2.24, 2.45) is 11.7 Å². The molecule has 2 fully saturated rings. The zero-order valence-corrected chi connectivity index (χ0v) is 20.0. The highest BCUT2D eigenvalue weighted by atomic mass is 16.1. The number of benzene rings is 2.